The summed E-state index contributed by atoms with van der Waals surface area (Å²) < 4.78 is 62.2. The summed E-state index contributed by atoms with van der Waals surface area (Å²) in [6, 6.07) is 8.03. The van der Waals surface area contributed by atoms with Gasteiger partial charge in [-0.15, -0.1) is 11.3 Å². The molecule has 2 atom stereocenters. The van der Waals surface area contributed by atoms with Crippen molar-refractivity contribution in [3.63, 3.8) is 0 Å². The molecular weight excluding hydrogens is 511 g/mol. The number of thiophene rings is 1. The number of fused-ring (bicyclic) bond motifs is 1. The Hall–Kier alpha value is -3.85. The van der Waals surface area contributed by atoms with Crippen molar-refractivity contribution >= 4 is 50.4 Å². The number of carboxylic acid groups (broad SMARTS) is 1. The van der Waals surface area contributed by atoms with Crippen LogP contribution in [0.5, 0.6) is 0 Å². The molecule has 2 unspecified atom stereocenters. The fourth-order valence-electron chi connectivity index (χ4n) is 3.66. The average Bonchev–Trinajstić information content (AvgIpc) is 3.42. The summed E-state index contributed by atoms with van der Waals surface area (Å²) in [6.45, 7) is 0. The Morgan fingerprint density at radius 2 is 1.89 bits per heavy atom. The molecular formula is C20H16F3N5O5S2. The van der Waals surface area contributed by atoms with Crippen molar-refractivity contribution in [2.45, 2.75) is 17.7 Å². The maximum atomic E-state index is 12.7. The van der Waals surface area contributed by atoms with E-state index < -0.39 is 45.3 Å². The SMILES string of the molecule is NC(=O)C(c1ccc(NS(=O)(=O)C(F)(F)F)cc1)N1c2c(C(=O)O)ccnc2NC1c1cccs1. The molecule has 3 heterocycles. The van der Waals surface area contributed by atoms with Crippen LogP contribution < -0.4 is 20.7 Å². The first-order valence-corrected chi connectivity index (χ1v) is 12.1. The number of carbonyl (C=O) groups excluding carboxylic acids is 1. The number of sulfonamides is 1. The van der Waals surface area contributed by atoms with Gasteiger partial charge in [-0.25, -0.2) is 9.78 Å². The summed E-state index contributed by atoms with van der Waals surface area (Å²) in [5.41, 5.74) is -0.0593. The number of amides is 1. The van der Waals surface area contributed by atoms with E-state index in [0.717, 1.165) is 12.1 Å². The van der Waals surface area contributed by atoms with Gasteiger partial charge in [-0.3, -0.25) is 9.52 Å². The van der Waals surface area contributed by atoms with Crippen LogP contribution in [0.3, 0.4) is 0 Å². The smallest absolute Gasteiger partial charge is 0.478 e. The molecule has 0 fully saturated rings. The van der Waals surface area contributed by atoms with Gasteiger partial charge in [0.15, 0.2) is 5.82 Å². The molecule has 0 saturated heterocycles. The molecule has 0 spiro atoms. The van der Waals surface area contributed by atoms with Gasteiger partial charge in [-0.1, -0.05) is 18.2 Å². The summed E-state index contributed by atoms with van der Waals surface area (Å²) in [5.74, 6) is -1.96. The monoisotopic (exact) mass is 527 g/mol. The number of rotatable bonds is 7. The molecule has 10 nitrogen and oxygen atoms in total. The van der Waals surface area contributed by atoms with Gasteiger partial charge in [-0.2, -0.15) is 21.6 Å². The van der Waals surface area contributed by atoms with E-state index >= 15 is 0 Å². The second-order valence-corrected chi connectivity index (χ2v) is 9.96. The molecule has 15 heteroatoms. The Balaban J connectivity index is 1.79. The Bertz CT molecular complexity index is 1380. The number of hydrogen-bond acceptors (Lipinski definition) is 8. The van der Waals surface area contributed by atoms with Crippen LogP contribution >= 0.6 is 11.3 Å². The van der Waals surface area contributed by atoms with E-state index in [0.29, 0.717) is 4.88 Å². The lowest BCUT2D eigenvalue weighted by Crippen LogP contribution is -2.40. The van der Waals surface area contributed by atoms with E-state index in [1.165, 1.54) is 45.4 Å². The maximum absolute atomic E-state index is 12.7. The van der Waals surface area contributed by atoms with Crippen molar-refractivity contribution in [2.24, 2.45) is 5.73 Å². The molecule has 0 bridgehead atoms. The number of aromatic carboxylic acids is 1. The van der Waals surface area contributed by atoms with Gasteiger partial charge >= 0.3 is 21.5 Å². The fraction of sp³-hybridized carbons (Fsp3) is 0.150. The third kappa shape index (κ3) is 4.46. The number of pyridine rings is 1. The number of carboxylic acids is 1. The molecule has 1 aliphatic rings. The van der Waals surface area contributed by atoms with Crippen LogP contribution in [0.1, 0.15) is 33.0 Å². The zero-order valence-electron chi connectivity index (χ0n) is 17.4. The highest BCUT2D eigenvalue weighted by atomic mass is 32.2. The Labute approximate surface area is 200 Å². The molecule has 1 amide bonds. The molecule has 0 saturated carbocycles. The predicted molar refractivity (Wildman–Crippen MR) is 121 cm³/mol. The Kier molecular flexibility index (Phi) is 6.06. The van der Waals surface area contributed by atoms with Crippen LogP contribution in [0.25, 0.3) is 0 Å². The number of primary amides is 1. The number of anilines is 3. The first-order chi connectivity index (χ1) is 16.4. The first kappa shape index (κ1) is 24.3. The minimum Gasteiger partial charge on any atom is -0.478 e. The first-order valence-electron chi connectivity index (χ1n) is 9.69. The number of hydrogen-bond donors (Lipinski definition) is 4. The number of nitrogens with one attached hydrogen (secondary N) is 2. The van der Waals surface area contributed by atoms with Crippen molar-refractivity contribution in [1.29, 1.82) is 0 Å². The van der Waals surface area contributed by atoms with Crippen LogP contribution in [0.4, 0.5) is 30.4 Å². The number of aromatic nitrogens is 1. The molecule has 5 N–H and O–H groups in total. The Morgan fingerprint density at radius 1 is 1.20 bits per heavy atom. The summed E-state index contributed by atoms with van der Waals surface area (Å²) in [4.78, 5) is 30.9. The third-order valence-electron chi connectivity index (χ3n) is 5.11. The van der Waals surface area contributed by atoms with Gasteiger partial charge in [0, 0.05) is 16.8 Å². The average molecular weight is 528 g/mol. The predicted octanol–water partition coefficient (Wildman–Crippen LogP) is 3.26. The molecule has 1 aliphatic heterocycles. The van der Waals surface area contributed by atoms with E-state index in [1.807, 2.05) is 0 Å². The quantitative estimate of drug-likeness (QED) is 0.365. The van der Waals surface area contributed by atoms with Gasteiger partial charge in [0.05, 0.1) is 11.3 Å². The number of halogens is 3. The van der Waals surface area contributed by atoms with E-state index in [4.69, 9.17) is 5.73 Å². The van der Waals surface area contributed by atoms with Gasteiger partial charge in [0.2, 0.25) is 5.91 Å². The minimum atomic E-state index is -5.64. The van der Waals surface area contributed by atoms with E-state index in [1.54, 1.807) is 17.5 Å². The van der Waals surface area contributed by atoms with Crippen LogP contribution in [0, 0.1) is 0 Å². The van der Waals surface area contributed by atoms with Crippen molar-refractivity contribution < 1.29 is 36.3 Å². The van der Waals surface area contributed by atoms with Crippen molar-refractivity contribution in [3.05, 3.63) is 70.0 Å². The van der Waals surface area contributed by atoms with Crippen LogP contribution in [-0.2, 0) is 14.8 Å². The number of nitrogens with two attached hydrogens (primary N) is 1. The second-order valence-electron chi connectivity index (χ2n) is 7.31. The van der Waals surface area contributed by atoms with Gasteiger partial charge < -0.3 is 21.1 Å². The summed E-state index contributed by atoms with van der Waals surface area (Å²) >= 11 is 1.33. The van der Waals surface area contributed by atoms with Crippen molar-refractivity contribution in [1.82, 2.24) is 4.98 Å². The van der Waals surface area contributed by atoms with Crippen molar-refractivity contribution in [2.75, 3.05) is 14.9 Å². The molecule has 0 aliphatic carbocycles. The molecule has 184 valence electrons. The fourth-order valence-corrected chi connectivity index (χ4v) is 5.00. The molecule has 1 aromatic carbocycles. The molecule has 0 radical (unpaired) electrons. The third-order valence-corrected chi connectivity index (χ3v) is 7.15. The van der Waals surface area contributed by atoms with Crippen LogP contribution in [0.2, 0.25) is 0 Å². The highest BCUT2D eigenvalue weighted by molar-refractivity contribution is 7.93. The lowest BCUT2D eigenvalue weighted by atomic mass is 10.0. The normalized spacial score (nSPS) is 16.3. The summed E-state index contributed by atoms with van der Waals surface area (Å²) in [6.07, 6.45) is 0.560. The summed E-state index contributed by atoms with van der Waals surface area (Å²) in [5, 5.41) is 14.6. The molecule has 3 aromatic rings. The van der Waals surface area contributed by atoms with Crippen molar-refractivity contribution in [3.8, 4) is 0 Å². The van der Waals surface area contributed by atoms with E-state index in [2.05, 4.69) is 10.3 Å². The molecule has 35 heavy (non-hydrogen) atoms. The highest BCUT2D eigenvalue weighted by Crippen LogP contribution is 2.47. The lowest BCUT2D eigenvalue weighted by molar-refractivity contribution is -0.119. The van der Waals surface area contributed by atoms with Gasteiger partial charge in [-0.05, 0) is 35.2 Å². The number of benzene rings is 1. The molecule has 2 aromatic heterocycles. The van der Waals surface area contributed by atoms with Gasteiger partial charge in [0.1, 0.15) is 12.2 Å². The second kappa shape index (κ2) is 8.74. The number of nitrogens with zero attached hydrogens (tertiary/aromatic N) is 2. The number of alkyl halides is 3. The van der Waals surface area contributed by atoms with Crippen LogP contribution in [-0.4, -0.2) is 35.9 Å². The maximum Gasteiger partial charge on any atom is 0.516 e. The topological polar surface area (TPSA) is 155 Å². The van der Waals surface area contributed by atoms with Crippen LogP contribution in [0.15, 0.2) is 54.0 Å². The molecule has 4 rings (SSSR count). The minimum absolute atomic E-state index is 0.101. The highest BCUT2D eigenvalue weighted by Gasteiger charge is 2.46. The zero-order valence-corrected chi connectivity index (χ0v) is 19.0. The summed E-state index contributed by atoms with van der Waals surface area (Å²) in [7, 11) is -5.64. The lowest BCUT2D eigenvalue weighted by Gasteiger charge is -2.33. The van der Waals surface area contributed by atoms with E-state index in [9.17, 15) is 36.3 Å². The standard InChI is InChI=1S/C20H16F3N5O5S2/c21-20(22,23)35(32,33)27-11-5-3-10(4-6-11)14(16(24)29)28-15-12(19(30)31)7-8-25-17(15)26-18(28)13-2-1-9-34-13/h1-9,14,18,27H,(H2,24,29)(H,25,26)(H,30,31). The zero-order chi connectivity index (χ0) is 25.5. The largest absolute Gasteiger partial charge is 0.516 e. The van der Waals surface area contributed by atoms with Gasteiger partial charge in [0.25, 0.3) is 0 Å². The van der Waals surface area contributed by atoms with E-state index in [-0.39, 0.29) is 22.6 Å². The number of carbonyl (C=O) groups is 2. The Morgan fingerprint density at radius 3 is 2.43 bits per heavy atom.